The molecular weight excluding hydrogens is 398 g/mol. The number of fused-ring (bicyclic) bond motifs is 1. The average molecular weight is 420 g/mol. The molecule has 1 aromatic carbocycles. The quantitative estimate of drug-likeness (QED) is 0.455. The lowest BCUT2D eigenvalue weighted by Crippen LogP contribution is -2.46. The lowest BCUT2D eigenvalue weighted by atomic mass is 9.96. The van der Waals surface area contributed by atoms with E-state index < -0.39 is 12.1 Å². The molecule has 4 rings (SSSR count). The standard InChI is InChI=1S/C23H21N3O3S/c1-14-8-10-15(11-9-14)20(27)21(25-22(28)18-6-4-12-29-18)26-23-17(13-24)16-5-2-3-7-19(16)30-23/h4,6,8-12,21,26H,2-3,5,7H2,1H3,(H,25,28)/t21-/m1/s1. The van der Waals surface area contributed by atoms with Crippen LogP contribution < -0.4 is 10.6 Å². The highest BCUT2D eigenvalue weighted by Gasteiger charge is 2.27. The fourth-order valence-corrected chi connectivity index (χ4v) is 4.85. The number of anilines is 1. The van der Waals surface area contributed by atoms with E-state index in [2.05, 4.69) is 16.7 Å². The number of thiophene rings is 1. The molecule has 1 aliphatic rings. The van der Waals surface area contributed by atoms with Crippen molar-refractivity contribution in [2.45, 2.75) is 38.8 Å². The molecule has 30 heavy (non-hydrogen) atoms. The molecule has 0 spiro atoms. The largest absolute Gasteiger partial charge is 0.459 e. The summed E-state index contributed by atoms with van der Waals surface area (Å²) in [4.78, 5) is 27.0. The number of nitriles is 1. The van der Waals surface area contributed by atoms with Crippen molar-refractivity contribution in [1.82, 2.24) is 5.32 Å². The first-order valence-electron chi connectivity index (χ1n) is 9.83. The van der Waals surface area contributed by atoms with Gasteiger partial charge in [-0.25, -0.2) is 0 Å². The third-order valence-corrected chi connectivity index (χ3v) is 6.40. The highest BCUT2D eigenvalue weighted by Crippen LogP contribution is 2.38. The number of hydrogen-bond donors (Lipinski definition) is 2. The Labute approximate surface area is 178 Å². The van der Waals surface area contributed by atoms with Crippen molar-refractivity contribution in [2.75, 3.05) is 5.32 Å². The second-order valence-corrected chi connectivity index (χ2v) is 8.39. The van der Waals surface area contributed by atoms with E-state index in [0.717, 1.165) is 36.8 Å². The lowest BCUT2D eigenvalue weighted by molar-refractivity contribution is 0.0853. The van der Waals surface area contributed by atoms with Crippen molar-refractivity contribution in [1.29, 1.82) is 5.26 Å². The average Bonchev–Trinajstić information content (AvgIpc) is 3.41. The summed E-state index contributed by atoms with van der Waals surface area (Å²) in [7, 11) is 0. The van der Waals surface area contributed by atoms with Gasteiger partial charge in [0.05, 0.1) is 11.8 Å². The van der Waals surface area contributed by atoms with Gasteiger partial charge in [0.15, 0.2) is 11.9 Å². The van der Waals surface area contributed by atoms with Crippen LogP contribution in [0.1, 0.15) is 55.3 Å². The minimum absolute atomic E-state index is 0.115. The van der Waals surface area contributed by atoms with Crippen LogP contribution in [-0.2, 0) is 12.8 Å². The minimum atomic E-state index is -1.03. The highest BCUT2D eigenvalue weighted by atomic mass is 32.1. The number of carbonyl (C=O) groups is 2. The molecular formula is C23H21N3O3S. The maximum Gasteiger partial charge on any atom is 0.288 e. The number of nitrogens with zero attached hydrogens (tertiary/aromatic N) is 1. The van der Waals surface area contributed by atoms with Crippen molar-refractivity contribution in [3.8, 4) is 6.07 Å². The first-order valence-corrected chi connectivity index (χ1v) is 10.6. The molecule has 6 nitrogen and oxygen atoms in total. The zero-order valence-electron chi connectivity index (χ0n) is 16.5. The molecule has 3 aromatic rings. The Morgan fingerprint density at radius 1 is 1.17 bits per heavy atom. The van der Waals surface area contributed by atoms with Crippen molar-refractivity contribution in [3.05, 3.63) is 75.6 Å². The Morgan fingerprint density at radius 2 is 1.93 bits per heavy atom. The number of nitrogens with one attached hydrogen (secondary N) is 2. The summed E-state index contributed by atoms with van der Waals surface area (Å²) in [5, 5.41) is 16.2. The van der Waals surface area contributed by atoms with Crippen LogP contribution >= 0.6 is 11.3 Å². The van der Waals surface area contributed by atoms with Crippen LogP contribution in [0.25, 0.3) is 0 Å². The number of benzene rings is 1. The topological polar surface area (TPSA) is 95.1 Å². The Morgan fingerprint density at radius 3 is 2.63 bits per heavy atom. The first kappa shape index (κ1) is 19.9. The molecule has 2 aromatic heterocycles. The number of rotatable bonds is 6. The van der Waals surface area contributed by atoms with E-state index in [9.17, 15) is 14.9 Å². The van der Waals surface area contributed by atoms with Gasteiger partial charge in [0.25, 0.3) is 5.91 Å². The monoisotopic (exact) mass is 419 g/mol. The molecule has 1 aliphatic carbocycles. The van der Waals surface area contributed by atoms with E-state index in [1.165, 1.54) is 28.5 Å². The molecule has 1 amide bonds. The fraction of sp³-hybridized carbons (Fsp3) is 0.261. The normalized spacial score (nSPS) is 13.7. The molecule has 152 valence electrons. The Kier molecular flexibility index (Phi) is 5.68. The lowest BCUT2D eigenvalue weighted by Gasteiger charge is -2.19. The number of ketones is 1. The van der Waals surface area contributed by atoms with Gasteiger partial charge in [-0.15, -0.1) is 11.3 Å². The summed E-state index contributed by atoms with van der Waals surface area (Å²) in [6.45, 7) is 1.94. The van der Waals surface area contributed by atoms with Crippen LogP contribution in [0.4, 0.5) is 5.00 Å². The Balaban J connectivity index is 1.66. The van der Waals surface area contributed by atoms with Crippen molar-refractivity contribution >= 4 is 28.0 Å². The van der Waals surface area contributed by atoms with Crippen LogP contribution in [0, 0.1) is 18.3 Å². The number of amides is 1. The second-order valence-electron chi connectivity index (χ2n) is 7.29. The molecule has 2 N–H and O–H groups in total. The molecule has 0 bridgehead atoms. The van der Waals surface area contributed by atoms with Gasteiger partial charge in [-0.2, -0.15) is 5.26 Å². The number of furan rings is 1. The fourth-order valence-electron chi connectivity index (χ4n) is 3.58. The van der Waals surface area contributed by atoms with Gasteiger partial charge in [-0.3, -0.25) is 9.59 Å². The van der Waals surface area contributed by atoms with Crippen LogP contribution in [0.2, 0.25) is 0 Å². The van der Waals surface area contributed by atoms with Gasteiger partial charge in [-0.05, 0) is 50.3 Å². The van der Waals surface area contributed by atoms with E-state index >= 15 is 0 Å². The maximum atomic E-state index is 13.2. The maximum absolute atomic E-state index is 13.2. The zero-order valence-corrected chi connectivity index (χ0v) is 17.3. The van der Waals surface area contributed by atoms with Crippen LogP contribution in [0.5, 0.6) is 0 Å². The smallest absolute Gasteiger partial charge is 0.288 e. The SMILES string of the molecule is Cc1ccc(C(=O)[C@H](NC(=O)c2ccco2)Nc2sc3c(c2C#N)CCCC3)cc1. The van der Waals surface area contributed by atoms with Crippen LogP contribution in [-0.4, -0.2) is 17.9 Å². The molecule has 2 heterocycles. The number of aryl methyl sites for hydroxylation is 2. The van der Waals surface area contributed by atoms with Crippen molar-refractivity contribution in [2.24, 2.45) is 0 Å². The summed E-state index contributed by atoms with van der Waals surface area (Å²) >= 11 is 1.49. The second kappa shape index (κ2) is 8.56. The van der Waals surface area contributed by atoms with Crippen LogP contribution in [0.15, 0.2) is 47.1 Å². The molecule has 0 saturated carbocycles. The zero-order chi connectivity index (χ0) is 21.1. The third-order valence-electron chi connectivity index (χ3n) is 5.18. The van der Waals surface area contributed by atoms with Gasteiger partial charge in [0.1, 0.15) is 11.1 Å². The Bertz CT molecular complexity index is 1110. The molecule has 1 atom stereocenters. The number of carbonyl (C=O) groups excluding carboxylic acids is 2. The van der Waals surface area contributed by atoms with Gasteiger partial charge < -0.3 is 15.1 Å². The van der Waals surface area contributed by atoms with E-state index in [4.69, 9.17) is 4.42 Å². The molecule has 7 heteroatoms. The van der Waals surface area contributed by atoms with E-state index in [1.54, 1.807) is 18.2 Å². The number of hydrogen-bond acceptors (Lipinski definition) is 6. The first-order chi connectivity index (χ1) is 14.6. The van der Waals surface area contributed by atoms with Gasteiger partial charge in [-0.1, -0.05) is 29.8 Å². The summed E-state index contributed by atoms with van der Waals surface area (Å²) in [5.41, 5.74) is 3.14. The minimum Gasteiger partial charge on any atom is -0.459 e. The molecule has 0 fully saturated rings. The van der Waals surface area contributed by atoms with Gasteiger partial charge in [0, 0.05) is 10.4 Å². The van der Waals surface area contributed by atoms with Gasteiger partial charge >= 0.3 is 0 Å². The summed E-state index contributed by atoms with van der Waals surface area (Å²) in [5.74, 6) is -0.674. The summed E-state index contributed by atoms with van der Waals surface area (Å²) < 4.78 is 5.16. The third kappa shape index (κ3) is 4.00. The molecule has 0 saturated heterocycles. The highest BCUT2D eigenvalue weighted by molar-refractivity contribution is 7.16. The molecule has 0 aliphatic heterocycles. The summed E-state index contributed by atoms with van der Waals surface area (Å²) in [6.07, 6.45) is 4.33. The van der Waals surface area contributed by atoms with Crippen molar-refractivity contribution in [3.63, 3.8) is 0 Å². The predicted molar refractivity (Wildman–Crippen MR) is 115 cm³/mol. The van der Waals surface area contributed by atoms with E-state index in [-0.39, 0.29) is 11.5 Å². The van der Waals surface area contributed by atoms with E-state index in [1.807, 2.05) is 19.1 Å². The molecule has 0 unspecified atom stereocenters. The number of Topliss-reactive ketones (excluding diaryl/α,β-unsaturated/α-hetero) is 1. The van der Waals surface area contributed by atoms with Crippen LogP contribution in [0.3, 0.4) is 0 Å². The van der Waals surface area contributed by atoms with Gasteiger partial charge in [0.2, 0.25) is 5.78 Å². The predicted octanol–water partition coefficient (Wildman–Crippen LogP) is 4.45. The van der Waals surface area contributed by atoms with Crippen molar-refractivity contribution < 1.29 is 14.0 Å². The summed E-state index contributed by atoms with van der Waals surface area (Å²) in [6, 6.07) is 12.6. The molecule has 0 radical (unpaired) electrons. The Hall–Kier alpha value is -3.37. The van der Waals surface area contributed by atoms with E-state index in [0.29, 0.717) is 16.1 Å².